The number of hydrogen-bond acceptors (Lipinski definition) is 7. The van der Waals surface area contributed by atoms with Gasteiger partial charge in [0, 0.05) is 46.1 Å². The monoisotopic (exact) mass is 693 g/mol. The number of aromatic nitrogens is 2. The van der Waals surface area contributed by atoms with Crippen molar-refractivity contribution in [3.8, 4) is 22.5 Å². The molecule has 3 aromatic carbocycles. The summed E-state index contributed by atoms with van der Waals surface area (Å²) in [6, 6.07) is 21.2. The second kappa shape index (κ2) is 15.2. The first-order valence-corrected chi connectivity index (χ1v) is 16.6. The molecule has 0 radical (unpaired) electrons. The molecule has 0 unspecified atom stereocenters. The molecule has 0 aliphatic heterocycles. The summed E-state index contributed by atoms with van der Waals surface area (Å²) in [5.41, 5.74) is 3.44. The van der Waals surface area contributed by atoms with Gasteiger partial charge in [0.25, 0.3) is 11.8 Å². The standard InChI is InChI=1S/C38H36FN5O5S/c1-22(37(48)49)42-35(46)30(44-36(47)31-15-16-32(50-31)38(2,3)4)17-23-11-13-24(14-12-23)33-40-20-27(21-41-33)25-7-5-8-26(18-25)34(45)43-29-10-6-9-28(39)19-29/h5-16,18-22,30H,17H2,1-4H3,(H,42,46)(H,43,45)(H,44,47)(H,48,49)/t22-,30+/m1/s1. The summed E-state index contributed by atoms with van der Waals surface area (Å²) in [5.74, 6) is -2.60. The van der Waals surface area contributed by atoms with Gasteiger partial charge in [0.1, 0.15) is 17.9 Å². The molecule has 2 aromatic heterocycles. The van der Waals surface area contributed by atoms with Crippen molar-refractivity contribution in [1.29, 1.82) is 0 Å². The van der Waals surface area contributed by atoms with Gasteiger partial charge in [-0.15, -0.1) is 11.3 Å². The van der Waals surface area contributed by atoms with Gasteiger partial charge in [-0.2, -0.15) is 0 Å². The first-order valence-electron chi connectivity index (χ1n) is 15.8. The molecule has 0 bridgehead atoms. The molecule has 0 saturated carbocycles. The molecule has 0 aliphatic carbocycles. The van der Waals surface area contributed by atoms with Crippen LogP contribution in [0.25, 0.3) is 22.5 Å². The number of carbonyl (C=O) groups excluding carboxylic acids is 3. The lowest BCUT2D eigenvalue weighted by Crippen LogP contribution is -2.51. The predicted octanol–water partition coefficient (Wildman–Crippen LogP) is 6.49. The van der Waals surface area contributed by atoms with Gasteiger partial charge in [-0.25, -0.2) is 14.4 Å². The highest BCUT2D eigenvalue weighted by Crippen LogP contribution is 2.29. The first-order chi connectivity index (χ1) is 23.8. The second-order valence-corrected chi connectivity index (χ2v) is 13.8. The Morgan fingerprint density at radius 3 is 2.16 bits per heavy atom. The van der Waals surface area contributed by atoms with Crippen molar-refractivity contribution in [1.82, 2.24) is 20.6 Å². The Kier molecular flexibility index (Phi) is 10.8. The molecule has 2 atom stereocenters. The van der Waals surface area contributed by atoms with E-state index in [1.807, 2.05) is 32.9 Å². The third kappa shape index (κ3) is 9.03. The molecule has 12 heteroatoms. The molecule has 0 spiro atoms. The van der Waals surface area contributed by atoms with E-state index in [1.54, 1.807) is 67.0 Å². The number of anilines is 1. The quantitative estimate of drug-likeness (QED) is 0.124. The van der Waals surface area contributed by atoms with Crippen LogP contribution in [0.2, 0.25) is 0 Å². The summed E-state index contributed by atoms with van der Waals surface area (Å²) in [6.07, 6.45) is 3.41. The Morgan fingerprint density at radius 2 is 1.52 bits per heavy atom. The Hall–Kier alpha value is -5.75. The van der Waals surface area contributed by atoms with Crippen LogP contribution in [0.4, 0.5) is 10.1 Å². The van der Waals surface area contributed by atoms with Gasteiger partial charge in [-0.1, -0.05) is 63.2 Å². The van der Waals surface area contributed by atoms with Crippen LogP contribution in [0.15, 0.2) is 97.3 Å². The van der Waals surface area contributed by atoms with Crippen LogP contribution in [0.1, 0.15) is 58.2 Å². The Morgan fingerprint density at radius 1 is 0.820 bits per heavy atom. The van der Waals surface area contributed by atoms with Gasteiger partial charge < -0.3 is 21.1 Å². The summed E-state index contributed by atoms with van der Waals surface area (Å²) in [6.45, 7) is 7.50. The number of halogens is 1. The third-order valence-electron chi connectivity index (χ3n) is 7.76. The summed E-state index contributed by atoms with van der Waals surface area (Å²) in [4.78, 5) is 61.0. The fourth-order valence-electron chi connectivity index (χ4n) is 4.94. The number of carboxylic acids is 1. The summed E-state index contributed by atoms with van der Waals surface area (Å²) < 4.78 is 13.5. The van der Waals surface area contributed by atoms with Crippen molar-refractivity contribution >= 4 is 40.7 Å². The van der Waals surface area contributed by atoms with Crippen LogP contribution < -0.4 is 16.0 Å². The van der Waals surface area contributed by atoms with E-state index in [2.05, 4.69) is 25.9 Å². The van der Waals surface area contributed by atoms with Crippen molar-refractivity contribution in [2.45, 2.75) is 51.6 Å². The van der Waals surface area contributed by atoms with Crippen molar-refractivity contribution < 1.29 is 28.7 Å². The van der Waals surface area contributed by atoms with Crippen LogP contribution in [0.3, 0.4) is 0 Å². The maximum atomic E-state index is 13.5. The summed E-state index contributed by atoms with van der Waals surface area (Å²) in [7, 11) is 0. The van der Waals surface area contributed by atoms with E-state index in [0.29, 0.717) is 33.1 Å². The van der Waals surface area contributed by atoms with Gasteiger partial charge in [0.15, 0.2) is 5.82 Å². The van der Waals surface area contributed by atoms with Crippen LogP contribution in [0.5, 0.6) is 0 Å². The maximum Gasteiger partial charge on any atom is 0.325 e. The number of rotatable bonds is 11. The fraction of sp³-hybridized carbons (Fsp3) is 0.211. The number of benzene rings is 3. The molecule has 4 N–H and O–H groups in total. The number of nitrogens with zero attached hydrogens (tertiary/aromatic N) is 2. The summed E-state index contributed by atoms with van der Waals surface area (Å²) in [5, 5.41) is 17.2. The largest absolute Gasteiger partial charge is 0.480 e. The van der Waals surface area contributed by atoms with Crippen LogP contribution in [0, 0.1) is 5.82 Å². The van der Waals surface area contributed by atoms with Crippen molar-refractivity contribution in [3.05, 3.63) is 124 Å². The van der Waals surface area contributed by atoms with E-state index in [-0.39, 0.29) is 17.7 Å². The van der Waals surface area contributed by atoms with E-state index in [9.17, 15) is 28.7 Å². The molecule has 5 aromatic rings. The number of thiophene rings is 1. The lowest BCUT2D eigenvalue weighted by molar-refractivity contribution is -0.141. The highest BCUT2D eigenvalue weighted by Gasteiger charge is 2.26. The molecule has 5 rings (SSSR count). The van der Waals surface area contributed by atoms with Gasteiger partial charge >= 0.3 is 5.97 Å². The number of amides is 3. The van der Waals surface area contributed by atoms with Gasteiger partial charge in [0.05, 0.1) is 4.88 Å². The van der Waals surface area contributed by atoms with Crippen LogP contribution >= 0.6 is 11.3 Å². The predicted molar refractivity (Wildman–Crippen MR) is 190 cm³/mol. The van der Waals surface area contributed by atoms with Crippen molar-refractivity contribution in [2.24, 2.45) is 0 Å². The normalized spacial score (nSPS) is 12.4. The van der Waals surface area contributed by atoms with E-state index >= 15 is 0 Å². The van der Waals surface area contributed by atoms with Gasteiger partial charge in [-0.05, 0) is 65.9 Å². The molecule has 10 nitrogen and oxygen atoms in total. The minimum Gasteiger partial charge on any atom is -0.480 e. The number of nitrogens with one attached hydrogen (secondary N) is 3. The van der Waals surface area contributed by atoms with E-state index in [0.717, 1.165) is 16.0 Å². The smallest absolute Gasteiger partial charge is 0.325 e. The highest BCUT2D eigenvalue weighted by atomic mass is 32.1. The Balaban J connectivity index is 1.28. The fourth-order valence-corrected chi connectivity index (χ4v) is 5.91. The van der Waals surface area contributed by atoms with E-state index < -0.39 is 35.7 Å². The molecular weight excluding hydrogens is 658 g/mol. The minimum absolute atomic E-state index is 0.116. The number of aliphatic carboxylic acids is 1. The topological polar surface area (TPSA) is 150 Å². The Labute approximate surface area is 292 Å². The molecule has 0 saturated heterocycles. The van der Waals surface area contributed by atoms with Crippen LogP contribution in [-0.4, -0.2) is 50.8 Å². The molecule has 50 heavy (non-hydrogen) atoms. The van der Waals surface area contributed by atoms with Gasteiger partial charge in [0.2, 0.25) is 5.91 Å². The molecule has 0 aliphatic rings. The van der Waals surface area contributed by atoms with Crippen LogP contribution in [-0.2, 0) is 21.4 Å². The second-order valence-electron chi connectivity index (χ2n) is 12.8. The maximum absolute atomic E-state index is 13.5. The number of hydrogen-bond donors (Lipinski definition) is 4. The van der Waals surface area contributed by atoms with E-state index in [1.165, 1.54) is 36.5 Å². The molecule has 256 valence electrons. The van der Waals surface area contributed by atoms with E-state index in [4.69, 9.17) is 0 Å². The summed E-state index contributed by atoms with van der Waals surface area (Å²) >= 11 is 1.35. The number of carbonyl (C=O) groups is 4. The molecule has 2 heterocycles. The highest BCUT2D eigenvalue weighted by molar-refractivity contribution is 7.14. The molecule has 3 amide bonds. The zero-order chi connectivity index (χ0) is 36.0. The molecular formula is C38H36FN5O5S. The zero-order valence-electron chi connectivity index (χ0n) is 27.9. The minimum atomic E-state index is -1.19. The SMILES string of the molecule is C[C@@H](NC(=O)[C@H](Cc1ccc(-c2ncc(-c3cccc(C(=O)Nc4cccc(F)c4)c3)cn2)cc1)NC(=O)c1ccc(C(C)(C)C)s1)C(=O)O. The zero-order valence-corrected chi connectivity index (χ0v) is 28.7. The van der Waals surface area contributed by atoms with Crippen molar-refractivity contribution in [2.75, 3.05) is 5.32 Å². The molecule has 0 fully saturated rings. The lowest BCUT2D eigenvalue weighted by atomic mass is 9.95. The number of carboxylic acid groups (broad SMARTS) is 1. The average molecular weight is 694 g/mol. The third-order valence-corrected chi connectivity index (χ3v) is 9.27. The lowest BCUT2D eigenvalue weighted by Gasteiger charge is -2.20. The van der Waals surface area contributed by atoms with Gasteiger partial charge in [-0.3, -0.25) is 19.2 Å². The average Bonchev–Trinajstić information content (AvgIpc) is 3.60. The van der Waals surface area contributed by atoms with Crippen molar-refractivity contribution in [3.63, 3.8) is 0 Å². The first kappa shape index (κ1) is 35.6. The Bertz CT molecular complexity index is 2020.